The predicted molar refractivity (Wildman–Crippen MR) is 98.0 cm³/mol. The molecule has 2 aromatic carbocycles. The number of nitrogens with zero attached hydrogens (tertiary/aromatic N) is 4. The van der Waals surface area contributed by atoms with Gasteiger partial charge >= 0.3 is 0 Å². The fourth-order valence-electron chi connectivity index (χ4n) is 2.55. The van der Waals surface area contributed by atoms with Gasteiger partial charge in [-0.2, -0.15) is 10.3 Å². The van der Waals surface area contributed by atoms with Gasteiger partial charge in [0, 0.05) is 23.5 Å². The maximum absolute atomic E-state index is 5.89. The van der Waals surface area contributed by atoms with Gasteiger partial charge in [-0.15, -0.1) is 5.10 Å². The number of aromatic nitrogens is 5. The highest BCUT2D eigenvalue weighted by Gasteiger charge is 2.08. The van der Waals surface area contributed by atoms with Crippen molar-refractivity contribution in [2.75, 3.05) is 5.73 Å². The van der Waals surface area contributed by atoms with E-state index in [0.29, 0.717) is 23.9 Å². The highest BCUT2D eigenvalue weighted by atomic mass is 16.5. The fraction of sp³-hybridized carbons (Fsp3) is 0.0526. The second-order valence-electron chi connectivity index (χ2n) is 5.64. The maximum Gasteiger partial charge on any atom is 0.173 e. The molecule has 7 nitrogen and oxygen atoms in total. The number of hydrogen-bond acceptors (Lipinski definition) is 6. The molecule has 0 atom stereocenters. The van der Waals surface area contributed by atoms with Gasteiger partial charge in [0.2, 0.25) is 0 Å². The van der Waals surface area contributed by atoms with Gasteiger partial charge in [-0.1, -0.05) is 36.4 Å². The summed E-state index contributed by atoms with van der Waals surface area (Å²) < 4.78 is 5.89. The molecule has 0 saturated heterocycles. The third-order valence-electron chi connectivity index (χ3n) is 3.87. The van der Waals surface area contributed by atoms with E-state index in [4.69, 9.17) is 10.5 Å². The van der Waals surface area contributed by atoms with Crippen molar-refractivity contribution in [2.45, 2.75) is 6.61 Å². The zero-order valence-corrected chi connectivity index (χ0v) is 13.8. The molecule has 0 aliphatic heterocycles. The van der Waals surface area contributed by atoms with Crippen molar-refractivity contribution < 1.29 is 4.74 Å². The molecule has 2 heterocycles. The van der Waals surface area contributed by atoms with Crippen molar-refractivity contribution >= 4 is 5.82 Å². The largest absolute Gasteiger partial charge is 0.489 e. The van der Waals surface area contributed by atoms with Gasteiger partial charge in [-0.25, -0.2) is 9.97 Å². The summed E-state index contributed by atoms with van der Waals surface area (Å²) in [5.41, 5.74) is 9.28. The number of aromatic amines is 1. The first-order chi connectivity index (χ1) is 12.8. The minimum absolute atomic E-state index is 0.362. The molecule has 3 N–H and O–H groups in total. The Hall–Kier alpha value is -3.74. The molecular formula is C19H16N6O. The first-order valence-electron chi connectivity index (χ1n) is 8.05. The molecule has 0 aliphatic carbocycles. The van der Waals surface area contributed by atoms with Crippen LogP contribution < -0.4 is 10.5 Å². The lowest BCUT2D eigenvalue weighted by Crippen LogP contribution is -1.96. The average molecular weight is 344 g/mol. The molecule has 128 valence electrons. The second kappa shape index (κ2) is 7.02. The standard InChI is InChI=1S/C19H16N6O/c20-18-17(23-25-24-18)15-3-1-4-16(11-15)26-12-13-5-7-14(8-6-13)19-21-9-2-10-22-19/h1-11H,12H2,(H3,20,23,24,25). The average Bonchev–Trinajstić information content (AvgIpc) is 3.14. The maximum atomic E-state index is 5.89. The number of H-pyrrole nitrogens is 1. The van der Waals surface area contributed by atoms with Gasteiger partial charge in [-0.05, 0) is 23.8 Å². The number of nitrogen functional groups attached to an aromatic ring is 1. The lowest BCUT2D eigenvalue weighted by molar-refractivity contribution is 0.306. The predicted octanol–water partition coefficient (Wildman–Crippen LogP) is 3.09. The van der Waals surface area contributed by atoms with Crippen LogP contribution in [-0.2, 0) is 6.61 Å². The monoisotopic (exact) mass is 344 g/mol. The molecule has 0 fully saturated rings. The van der Waals surface area contributed by atoms with E-state index in [1.54, 1.807) is 18.5 Å². The summed E-state index contributed by atoms with van der Waals surface area (Å²) in [5, 5.41) is 10.4. The summed E-state index contributed by atoms with van der Waals surface area (Å²) in [7, 11) is 0. The Morgan fingerprint density at radius 3 is 2.42 bits per heavy atom. The summed E-state index contributed by atoms with van der Waals surface area (Å²) in [4.78, 5) is 8.49. The van der Waals surface area contributed by atoms with Gasteiger partial charge < -0.3 is 10.5 Å². The molecule has 0 saturated carbocycles. The Morgan fingerprint density at radius 2 is 1.69 bits per heavy atom. The number of nitrogens with two attached hydrogens (primary N) is 1. The van der Waals surface area contributed by atoms with Crippen LogP contribution in [0.4, 0.5) is 5.82 Å². The molecule has 0 amide bonds. The number of hydrogen-bond donors (Lipinski definition) is 2. The third-order valence-corrected chi connectivity index (χ3v) is 3.87. The van der Waals surface area contributed by atoms with Crippen LogP contribution >= 0.6 is 0 Å². The highest BCUT2D eigenvalue weighted by Crippen LogP contribution is 2.25. The van der Waals surface area contributed by atoms with E-state index in [-0.39, 0.29) is 0 Å². The second-order valence-corrected chi connectivity index (χ2v) is 5.64. The number of anilines is 1. The van der Waals surface area contributed by atoms with Gasteiger partial charge in [0.25, 0.3) is 0 Å². The lowest BCUT2D eigenvalue weighted by Gasteiger charge is -2.08. The van der Waals surface area contributed by atoms with E-state index in [9.17, 15) is 0 Å². The van der Waals surface area contributed by atoms with E-state index in [2.05, 4.69) is 25.4 Å². The Balaban J connectivity index is 1.45. The molecule has 4 rings (SSSR count). The molecule has 0 aliphatic rings. The zero-order valence-electron chi connectivity index (χ0n) is 13.8. The smallest absolute Gasteiger partial charge is 0.173 e. The highest BCUT2D eigenvalue weighted by molar-refractivity contribution is 5.70. The van der Waals surface area contributed by atoms with Crippen LogP contribution in [0.25, 0.3) is 22.6 Å². The van der Waals surface area contributed by atoms with E-state index in [0.717, 1.165) is 22.4 Å². The van der Waals surface area contributed by atoms with Crippen LogP contribution in [0.5, 0.6) is 5.75 Å². The van der Waals surface area contributed by atoms with Gasteiger partial charge in [0.1, 0.15) is 18.1 Å². The van der Waals surface area contributed by atoms with E-state index < -0.39 is 0 Å². The summed E-state index contributed by atoms with van der Waals surface area (Å²) in [6, 6.07) is 17.4. The third kappa shape index (κ3) is 3.36. The van der Waals surface area contributed by atoms with E-state index >= 15 is 0 Å². The zero-order chi connectivity index (χ0) is 17.8. The molecule has 0 bridgehead atoms. The molecule has 0 spiro atoms. The van der Waals surface area contributed by atoms with Crippen molar-refractivity contribution in [1.29, 1.82) is 0 Å². The van der Waals surface area contributed by atoms with Crippen molar-refractivity contribution in [1.82, 2.24) is 25.4 Å². The van der Waals surface area contributed by atoms with Gasteiger partial charge in [0.15, 0.2) is 11.6 Å². The molecule has 2 aromatic heterocycles. The van der Waals surface area contributed by atoms with Gasteiger partial charge in [-0.3, -0.25) is 0 Å². The Bertz CT molecular complexity index is 998. The number of rotatable bonds is 5. The minimum Gasteiger partial charge on any atom is -0.489 e. The Labute approximate surface area is 149 Å². The normalized spacial score (nSPS) is 10.6. The van der Waals surface area contributed by atoms with E-state index in [1.165, 1.54) is 0 Å². The Kier molecular flexibility index (Phi) is 4.26. The number of nitrogens with one attached hydrogen (secondary N) is 1. The molecule has 4 aromatic rings. The van der Waals surface area contributed by atoms with Crippen LogP contribution in [0.15, 0.2) is 67.0 Å². The first kappa shape index (κ1) is 15.8. The minimum atomic E-state index is 0.362. The van der Waals surface area contributed by atoms with Crippen LogP contribution in [-0.4, -0.2) is 25.4 Å². The SMILES string of the molecule is Nc1n[nH]nc1-c1cccc(OCc2ccc(-c3ncccn3)cc2)c1. The van der Waals surface area contributed by atoms with Crippen molar-refractivity contribution in [2.24, 2.45) is 0 Å². The summed E-state index contributed by atoms with van der Waals surface area (Å²) in [5.74, 6) is 1.80. The summed E-state index contributed by atoms with van der Waals surface area (Å²) in [6.07, 6.45) is 3.46. The van der Waals surface area contributed by atoms with Crippen molar-refractivity contribution in [3.8, 4) is 28.4 Å². The van der Waals surface area contributed by atoms with Crippen LogP contribution in [0.1, 0.15) is 5.56 Å². The van der Waals surface area contributed by atoms with Crippen LogP contribution in [0.3, 0.4) is 0 Å². The quantitative estimate of drug-likeness (QED) is 0.577. The number of ether oxygens (including phenoxy) is 1. The molecular weight excluding hydrogens is 328 g/mol. The first-order valence-corrected chi connectivity index (χ1v) is 8.05. The summed E-state index contributed by atoms with van der Waals surface area (Å²) >= 11 is 0. The summed E-state index contributed by atoms with van der Waals surface area (Å²) in [6.45, 7) is 0.452. The van der Waals surface area contributed by atoms with Crippen LogP contribution in [0, 0.1) is 0 Å². The lowest BCUT2D eigenvalue weighted by atomic mass is 10.1. The van der Waals surface area contributed by atoms with Crippen LogP contribution in [0.2, 0.25) is 0 Å². The Morgan fingerprint density at radius 1 is 0.885 bits per heavy atom. The fourth-order valence-corrected chi connectivity index (χ4v) is 2.55. The van der Waals surface area contributed by atoms with E-state index in [1.807, 2.05) is 48.5 Å². The molecule has 0 radical (unpaired) electrons. The topological polar surface area (TPSA) is 103 Å². The molecule has 0 unspecified atom stereocenters. The molecule has 26 heavy (non-hydrogen) atoms. The molecule has 7 heteroatoms. The van der Waals surface area contributed by atoms with Crippen molar-refractivity contribution in [3.05, 3.63) is 72.6 Å². The number of benzene rings is 2. The van der Waals surface area contributed by atoms with Crippen molar-refractivity contribution in [3.63, 3.8) is 0 Å². The van der Waals surface area contributed by atoms with Gasteiger partial charge in [0.05, 0.1) is 0 Å².